The highest BCUT2D eigenvalue weighted by Crippen LogP contribution is 2.60. The predicted octanol–water partition coefficient (Wildman–Crippen LogP) is 5.37. The Morgan fingerprint density at radius 1 is 1.16 bits per heavy atom. The first-order chi connectivity index (χ1) is 21.4. The molecule has 16 heteroatoms. The third-order valence-corrected chi connectivity index (χ3v) is 10.1. The second-order valence-corrected chi connectivity index (χ2v) is 13.2. The van der Waals surface area contributed by atoms with Gasteiger partial charge in [-0.1, -0.05) is 11.6 Å². The van der Waals surface area contributed by atoms with Gasteiger partial charge in [0.15, 0.2) is 5.82 Å². The van der Waals surface area contributed by atoms with Crippen molar-refractivity contribution in [2.75, 3.05) is 37.0 Å². The van der Waals surface area contributed by atoms with E-state index >= 15 is 4.39 Å². The van der Waals surface area contributed by atoms with E-state index in [1.165, 1.54) is 0 Å². The van der Waals surface area contributed by atoms with Gasteiger partial charge in [0.1, 0.15) is 28.0 Å². The van der Waals surface area contributed by atoms with Crippen LogP contribution in [0.2, 0.25) is 5.02 Å². The zero-order chi connectivity index (χ0) is 31.5. The second kappa shape index (κ2) is 9.85. The number of nitrogen functional groups attached to an aromatic ring is 1. The number of benzene rings is 1. The molecule has 0 radical (unpaired) electrons. The summed E-state index contributed by atoms with van der Waals surface area (Å²) in [6, 6.07) is 1.84. The molecule has 0 amide bonds. The number of pyridine rings is 1. The van der Waals surface area contributed by atoms with Crippen LogP contribution in [0.25, 0.3) is 22.2 Å². The minimum absolute atomic E-state index is 0.0609. The van der Waals surface area contributed by atoms with Crippen molar-refractivity contribution in [3.63, 3.8) is 0 Å². The Balaban J connectivity index is 1.29. The van der Waals surface area contributed by atoms with Gasteiger partial charge in [-0.25, -0.2) is 18.2 Å². The topological polar surface area (TPSA) is 108 Å². The fourth-order valence-corrected chi connectivity index (χ4v) is 8.16. The Bertz CT molecular complexity index is 1720. The van der Waals surface area contributed by atoms with Crippen molar-refractivity contribution in [2.45, 2.75) is 68.4 Å². The van der Waals surface area contributed by atoms with Gasteiger partial charge in [0.2, 0.25) is 5.88 Å². The minimum atomic E-state index is -4.97. The van der Waals surface area contributed by atoms with Crippen molar-refractivity contribution in [1.82, 2.24) is 20.3 Å². The molecule has 7 heterocycles. The van der Waals surface area contributed by atoms with Gasteiger partial charge < -0.3 is 30.2 Å². The first kappa shape index (κ1) is 29.1. The molecule has 1 aromatic carbocycles. The first-order valence-corrected chi connectivity index (χ1v) is 15.0. The molecular formula is C29H27ClF6N6O3. The lowest BCUT2D eigenvalue weighted by Crippen LogP contribution is -2.59. The molecule has 2 aromatic heterocycles. The fraction of sp³-hybridized carbons (Fsp3) is 0.552. The molecule has 0 unspecified atom stereocenters. The Labute approximate surface area is 257 Å². The number of hydrogen-bond acceptors (Lipinski definition) is 9. The molecule has 3 aromatic rings. The van der Waals surface area contributed by atoms with Crippen LogP contribution in [0, 0.1) is 11.2 Å². The molecular weight excluding hydrogens is 630 g/mol. The van der Waals surface area contributed by atoms with Gasteiger partial charge in [-0.05, 0) is 37.8 Å². The van der Waals surface area contributed by atoms with Crippen LogP contribution < -0.4 is 25.4 Å². The van der Waals surface area contributed by atoms with Crippen LogP contribution in [-0.2, 0) is 10.9 Å². The Hall–Kier alpha value is -3.30. The molecule has 1 saturated carbocycles. The molecule has 4 bridgehead atoms. The number of alkyl halides is 5. The summed E-state index contributed by atoms with van der Waals surface area (Å²) in [5.41, 5.74) is 0.524. The number of aromatic nitrogens is 3. The van der Waals surface area contributed by atoms with Crippen LogP contribution in [-0.4, -0.2) is 71.5 Å². The third kappa shape index (κ3) is 4.48. The molecule has 45 heavy (non-hydrogen) atoms. The summed E-state index contributed by atoms with van der Waals surface area (Å²) in [4.78, 5) is 15.3. The van der Waals surface area contributed by atoms with Crippen LogP contribution in [0.4, 0.5) is 37.8 Å². The molecule has 5 aliphatic heterocycles. The number of nitrogens with two attached hydrogens (primary N) is 1. The molecule has 1 aliphatic carbocycles. The van der Waals surface area contributed by atoms with E-state index in [2.05, 4.69) is 20.3 Å². The largest absolute Gasteiger partial charge is 0.477 e. The summed E-state index contributed by atoms with van der Waals surface area (Å²) in [5.74, 6) is -1.03. The van der Waals surface area contributed by atoms with Crippen LogP contribution in [0.1, 0.15) is 37.7 Å². The highest BCUT2D eigenvalue weighted by Gasteiger charge is 2.67. The normalized spacial score (nSPS) is 30.1. The molecule has 3 atom stereocenters. The van der Waals surface area contributed by atoms with E-state index in [0.29, 0.717) is 13.0 Å². The maximum absolute atomic E-state index is 16.6. The van der Waals surface area contributed by atoms with Gasteiger partial charge in [0.05, 0.1) is 30.4 Å². The molecule has 3 N–H and O–H groups in total. The van der Waals surface area contributed by atoms with Crippen molar-refractivity contribution in [3.05, 3.63) is 28.5 Å². The summed E-state index contributed by atoms with van der Waals surface area (Å²) in [7, 11) is 0. The zero-order valence-corrected chi connectivity index (χ0v) is 24.3. The highest BCUT2D eigenvalue weighted by molar-refractivity contribution is 6.32. The van der Waals surface area contributed by atoms with Gasteiger partial charge in [0, 0.05) is 47.8 Å². The van der Waals surface area contributed by atoms with Crippen LogP contribution in [0.5, 0.6) is 11.9 Å². The lowest BCUT2D eigenvalue weighted by atomic mass is 9.63. The summed E-state index contributed by atoms with van der Waals surface area (Å²) in [6.07, 6.45) is -5.02. The minimum Gasteiger partial charge on any atom is -0.477 e. The molecule has 9 nitrogen and oxygen atoms in total. The number of piperazine rings is 1. The predicted molar refractivity (Wildman–Crippen MR) is 150 cm³/mol. The van der Waals surface area contributed by atoms with Gasteiger partial charge in [-0.15, -0.1) is 0 Å². The van der Waals surface area contributed by atoms with Gasteiger partial charge in [0.25, 0.3) is 6.43 Å². The third-order valence-electron chi connectivity index (χ3n) is 9.77. The summed E-state index contributed by atoms with van der Waals surface area (Å²) in [5, 5.41) is 2.98. The standard InChI is InChI=1S/C29H27ClF6N6O3/c30-15-6-12(37)5-14(19(15)29(34,35)36)21-20(31)22-18-23(41-26(40-22)44-10-27-8-28(9-27,25(32)33)45-11-27)42-7-13-1-2-16(38-13)17(42)3-4-43-24(18)39-21/h5-6,13,16-17,25,38H,1-4,7-11,37H2/t13-,16+,17-,27?,28?/m1/s1. The number of nitrogens with one attached hydrogen (secondary N) is 1. The smallest absolute Gasteiger partial charge is 0.418 e. The quantitative estimate of drug-likeness (QED) is 0.277. The van der Waals surface area contributed by atoms with Crippen molar-refractivity contribution in [2.24, 2.45) is 5.41 Å². The van der Waals surface area contributed by atoms with E-state index in [1.54, 1.807) is 0 Å². The maximum Gasteiger partial charge on any atom is 0.418 e. The summed E-state index contributed by atoms with van der Waals surface area (Å²) >= 11 is 5.99. The molecule has 240 valence electrons. The number of hydrogen-bond donors (Lipinski definition) is 2. The van der Waals surface area contributed by atoms with Crippen LogP contribution >= 0.6 is 11.6 Å². The monoisotopic (exact) mass is 656 g/mol. The molecule has 5 fully saturated rings. The molecule has 9 rings (SSSR count). The van der Waals surface area contributed by atoms with E-state index in [4.69, 9.17) is 31.5 Å². The number of rotatable bonds is 5. The summed E-state index contributed by atoms with van der Waals surface area (Å²) in [6.45, 7) is 0.701. The Morgan fingerprint density at radius 2 is 1.96 bits per heavy atom. The summed E-state index contributed by atoms with van der Waals surface area (Å²) < 4.78 is 104. The fourth-order valence-electron chi connectivity index (χ4n) is 7.82. The molecule has 0 spiro atoms. The maximum atomic E-state index is 16.6. The zero-order valence-electron chi connectivity index (χ0n) is 23.6. The first-order valence-electron chi connectivity index (χ1n) is 14.6. The Kier molecular flexibility index (Phi) is 6.38. The lowest BCUT2D eigenvalue weighted by molar-refractivity contribution is -0.137. The number of halogens is 7. The van der Waals surface area contributed by atoms with E-state index in [9.17, 15) is 22.0 Å². The van der Waals surface area contributed by atoms with E-state index in [1.807, 2.05) is 4.90 Å². The van der Waals surface area contributed by atoms with Crippen molar-refractivity contribution in [1.29, 1.82) is 0 Å². The lowest BCUT2D eigenvalue weighted by Gasteiger charge is -2.43. The number of nitrogens with zero attached hydrogens (tertiary/aromatic N) is 4. The van der Waals surface area contributed by atoms with E-state index in [-0.39, 0.29) is 85.1 Å². The number of anilines is 2. The molecule has 6 aliphatic rings. The number of ether oxygens (including phenoxy) is 3. The average Bonchev–Trinajstić information content (AvgIpc) is 3.64. The highest BCUT2D eigenvalue weighted by atomic mass is 35.5. The van der Waals surface area contributed by atoms with Crippen molar-refractivity contribution in [3.8, 4) is 23.1 Å². The van der Waals surface area contributed by atoms with Crippen molar-refractivity contribution >= 4 is 34.0 Å². The SMILES string of the molecule is Nc1cc(Cl)c(C(F)(F)F)c(-c2nc3c4c(nc(OCC56COC(C(F)F)(C5)C6)nc4c2F)N2C[C@H]4CC[C@H](N4)[C@H]2CCO3)c1. The van der Waals surface area contributed by atoms with Crippen molar-refractivity contribution < 1.29 is 40.6 Å². The Morgan fingerprint density at radius 3 is 2.69 bits per heavy atom. The van der Waals surface area contributed by atoms with Crippen LogP contribution in [0.3, 0.4) is 0 Å². The van der Waals surface area contributed by atoms with E-state index < -0.39 is 51.3 Å². The van der Waals surface area contributed by atoms with Gasteiger partial charge in [-0.3, -0.25) is 0 Å². The number of fused-ring (bicyclic) bond motifs is 6. The van der Waals surface area contributed by atoms with E-state index in [0.717, 1.165) is 25.0 Å². The van der Waals surface area contributed by atoms with Gasteiger partial charge in [-0.2, -0.15) is 23.1 Å². The van der Waals surface area contributed by atoms with Crippen LogP contribution in [0.15, 0.2) is 12.1 Å². The average molecular weight is 657 g/mol. The molecule has 4 saturated heterocycles. The second-order valence-electron chi connectivity index (χ2n) is 12.8. The van der Waals surface area contributed by atoms with Gasteiger partial charge >= 0.3 is 12.2 Å².